The zero-order valence-corrected chi connectivity index (χ0v) is 17.5. The maximum atomic E-state index is 13.0. The number of carbonyl (C=O) groups is 1. The topological polar surface area (TPSA) is 66.5 Å². The van der Waals surface area contributed by atoms with Crippen molar-refractivity contribution in [2.75, 3.05) is 13.1 Å². The van der Waals surface area contributed by atoms with Crippen LogP contribution in [0.15, 0.2) is 47.4 Å². The van der Waals surface area contributed by atoms with Crippen molar-refractivity contribution in [1.82, 2.24) is 9.62 Å². The van der Waals surface area contributed by atoms with E-state index in [0.717, 1.165) is 36.8 Å². The van der Waals surface area contributed by atoms with E-state index in [1.165, 1.54) is 22.5 Å². The van der Waals surface area contributed by atoms with Gasteiger partial charge in [0.15, 0.2) is 0 Å². The first-order valence-electron chi connectivity index (χ1n) is 9.51. The van der Waals surface area contributed by atoms with Crippen molar-refractivity contribution in [3.8, 4) is 0 Å². The molecule has 2 aromatic rings. The Bertz CT molecular complexity index is 935. The van der Waals surface area contributed by atoms with Crippen LogP contribution in [0, 0.1) is 6.92 Å². The van der Waals surface area contributed by atoms with Gasteiger partial charge >= 0.3 is 0 Å². The van der Waals surface area contributed by atoms with E-state index in [2.05, 4.69) is 5.32 Å². The van der Waals surface area contributed by atoms with Crippen molar-refractivity contribution in [3.63, 3.8) is 0 Å². The van der Waals surface area contributed by atoms with E-state index in [1.807, 2.05) is 31.2 Å². The van der Waals surface area contributed by atoms with E-state index >= 15 is 0 Å². The molecule has 3 rings (SSSR count). The van der Waals surface area contributed by atoms with Crippen molar-refractivity contribution in [1.29, 1.82) is 0 Å². The SMILES string of the molecule is Cc1ccc(CNC(=O)c2cc(S(=O)(=O)N3CCCCCC3)ccc2Cl)cc1. The summed E-state index contributed by atoms with van der Waals surface area (Å²) in [6.45, 7) is 3.37. The predicted molar refractivity (Wildman–Crippen MR) is 111 cm³/mol. The van der Waals surface area contributed by atoms with Crippen molar-refractivity contribution in [2.24, 2.45) is 0 Å². The number of aryl methyl sites for hydroxylation is 1. The standard InChI is InChI=1S/C21H25ClN2O3S/c1-16-6-8-17(9-7-16)15-23-21(25)19-14-18(10-11-20(19)22)28(26,27)24-12-4-2-3-5-13-24/h6-11,14H,2-5,12-13,15H2,1H3,(H,23,25). The van der Waals surface area contributed by atoms with Gasteiger partial charge in [-0.25, -0.2) is 8.42 Å². The summed E-state index contributed by atoms with van der Waals surface area (Å²) < 4.78 is 27.5. The summed E-state index contributed by atoms with van der Waals surface area (Å²) in [4.78, 5) is 12.7. The summed E-state index contributed by atoms with van der Waals surface area (Å²) in [5, 5.41) is 3.04. The molecule has 1 aliphatic rings. The normalized spacial score (nSPS) is 15.8. The first-order valence-corrected chi connectivity index (χ1v) is 11.3. The molecular formula is C21H25ClN2O3S. The third-order valence-electron chi connectivity index (χ3n) is 4.96. The van der Waals surface area contributed by atoms with E-state index in [4.69, 9.17) is 11.6 Å². The lowest BCUT2D eigenvalue weighted by molar-refractivity contribution is 0.0951. The molecule has 0 spiro atoms. The Hall–Kier alpha value is -1.89. The highest BCUT2D eigenvalue weighted by atomic mass is 35.5. The van der Waals surface area contributed by atoms with Gasteiger partial charge in [0.05, 0.1) is 15.5 Å². The Morgan fingerprint density at radius 1 is 1.04 bits per heavy atom. The van der Waals surface area contributed by atoms with Crippen molar-refractivity contribution < 1.29 is 13.2 Å². The average Bonchev–Trinajstić information content (AvgIpc) is 2.97. The van der Waals surface area contributed by atoms with Crippen LogP contribution < -0.4 is 5.32 Å². The molecule has 1 N–H and O–H groups in total. The lowest BCUT2D eigenvalue weighted by Crippen LogP contribution is -2.32. The number of rotatable bonds is 5. The molecule has 0 unspecified atom stereocenters. The fourth-order valence-corrected chi connectivity index (χ4v) is 5.00. The molecule has 0 aliphatic carbocycles. The number of hydrogen-bond donors (Lipinski definition) is 1. The minimum absolute atomic E-state index is 0.110. The molecule has 150 valence electrons. The zero-order chi connectivity index (χ0) is 20.1. The van der Waals surface area contributed by atoms with Gasteiger partial charge in [-0.15, -0.1) is 0 Å². The van der Waals surface area contributed by atoms with Crippen LogP contribution in [-0.2, 0) is 16.6 Å². The van der Waals surface area contributed by atoms with Crippen LogP contribution in [0.3, 0.4) is 0 Å². The van der Waals surface area contributed by atoms with E-state index in [1.54, 1.807) is 0 Å². The summed E-state index contributed by atoms with van der Waals surface area (Å²) in [6.07, 6.45) is 3.80. The molecule has 0 bridgehead atoms. The minimum atomic E-state index is -3.64. The highest BCUT2D eigenvalue weighted by Crippen LogP contribution is 2.25. The molecule has 5 nitrogen and oxygen atoms in total. The molecule has 2 aromatic carbocycles. The van der Waals surface area contributed by atoms with Crippen LogP contribution in [-0.4, -0.2) is 31.7 Å². The fraction of sp³-hybridized carbons (Fsp3) is 0.381. The van der Waals surface area contributed by atoms with Gasteiger partial charge in [0.2, 0.25) is 10.0 Å². The molecule has 1 fully saturated rings. The smallest absolute Gasteiger partial charge is 0.253 e. The zero-order valence-electron chi connectivity index (χ0n) is 15.9. The maximum Gasteiger partial charge on any atom is 0.253 e. The van der Waals surface area contributed by atoms with Crippen LogP contribution in [0.1, 0.15) is 47.2 Å². The Morgan fingerprint density at radius 3 is 2.32 bits per heavy atom. The molecular weight excluding hydrogens is 396 g/mol. The second-order valence-corrected chi connectivity index (χ2v) is 9.47. The van der Waals surface area contributed by atoms with Gasteiger partial charge in [-0.1, -0.05) is 54.3 Å². The molecule has 28 heavy (non-hydrogen) atoms. The largest absolute Gasteiger partial charge is 0.348 e. The molecule has 1 aliphatic heterocycles. The van der Waals surface area contributed by atoms with Gasteiger partial charge in [0.25, 0.3) is 5.91 Å². The number of benzene rings is 2. The van der Waals surface area contributed by atoms with Gasteiger partial charge in [0.1, 0.15) is 0 Å². The summed E-state index contributed by atoms with van der Waals surface area (Å²) in [5.74, 6) is -0.390. The van der Waals surface area contributed by atoms with Gasteiger partial charge in [-0.3, -0.25) is 4.79 Å². The Labute approximate surface area is 171 Å². The fourth-order valence-electron chi connectivity index (χ4n) is 3.25. The van der Waals surface area contributed by atoms with Crippen molar-refractivity contribution in [3.05, 3.63) is 64.2 Å². The maximum absolute atomic E-state index is 13.0. The number of sulfonamides is 1. The van der Waals surface area contributed by atoms with Crippen LogP contribution >= 0.6 is 11.6 Å². The monoisotopic (exact) mass is 420 g/mol. The summed E-state index contributed by atoms with van der Waals surface area (Å²) in [6, 6.07) is 12.2. The summed E-state index contributed by atoms with van der Waals surface area (Å²) in [5.41, 5.74) is 2.28. The number of halogens is 1. The van der Waals surface area contributed by atoms with E-state index in [0.29, 0.717) is 19.6 Å². The molecule has 7 heteroatoms. The second-order valence-electron chi connectivity index (χ2n) is 7.13. The van der Waals surface area contributed by atoms with Gasteiger partial charge in [-0.05, 0) is 43.5 Å². The van der Waals surface area contributed by atoms with Crippen LogP contribution in [0.2, 0.25) is 5.02 Å². The lowest BCUT2D eigenvalue weighted by atomic mass is 10.1. The Balaban J connectivity index is 1.78. The lowest BCUT2D eigenvalue weighted by Gasteiger charge is -2.20. The van der Waals surface area contributed by atoms with Gasteiger partial charge < -0.3 is 5.32 Å². The number of hydrogen-bond acceptors (Lipinski definition) is 3. The van der Waals surface area contributed by atoms with E-state index in [9.17, 15) is 13.2 Å². The number of carbonyl (C=O) groups excluding carboxylic acids is 1. The average molecular weight is 421 g/mol. The Kier molecular flexibility index (Phi) is 6.75. The highest BCUT2D eigenvalue weighted by Gasteiger charge is 2.26. The minimum Gasteiger partial charge on any atom is -0.348 e. The quantitative estimate of drug-likeness (QED) is 0.790. The molecule has 0 aromatic heterocycles. The summed E-state index contributed by atoms with van der Waals surface area (Å²) >= 11 is 6.19. The molecule has 1 saturated heterocycles. The molecule has 0 saturated carbocycles. The number of nitrogens with one attached hydrogen (secondary N) is 1. The van der Waals surface area contributed by atoms with Crippen molar-refractivity contribution in [2.45, 2.75) is 44.0 Å². The molecule has 0 radical (unpaired) electrons. The number of nitrogens with zero attached hydrogens (tertiary/aromatic N) is 1. The third kappa shape index (κ3) is 4.93. The predicted octanol–water partition coefficient (Wildman–Crippen LogP) is 4.14. The highest BCUT2D eigenvalue weighted by molar-refractivity contribution is 7.89. The summed E-state index contributed by atoms with van der Waals surface area (Å²) in [7, 11) is -3.64. The van der Waals surface area contributed by atoms with Gasteiger partial charge in [0, 0.05) is 19.6 Å². The molecule has 1 heterocycles. The van der Waals surface area contributed by atoms with Gasteiger partial charge in [-0.2, -0.15) is 4.31 Å². The van der Waals surface area contributed by atoms with E-state index in [-0.39, 0.29) is 15.5 Å². The second kappa shape index (κ2) is 9.07. The molecule has 0 atom stereocenters. The Morgan fingerprint density at radius 2 is 1.68 bits per heavy atom. The van der Waals surface area contributed by atoms with Crippen molar-refractivity contribution >= 4 is 27.5 Å². The molecule has 1 amide bonds. The first kappa shape index (κ1) is 20.8. The van der Waals surface area contributed by atoms with Crippen LogP contribution in [0.25, 0.3) is 0 Å². The van der Waals surface area contributed by atoms with Crippen LogP contribution in [0.4, 0.5) is 0 Å². The number of amides is 1. The van der Waals surface area contributed by atoms with Crippen LogP contribution in [0.5, 0.6) is 0 Å². The first-order chi connectivity index (χ1) is 13.4. The third-order valence-corrected chi connectivity index (χ3v) is 7.18. The van der Waals surface area contributed by atoms with E-state index < -0.39 is 15.9 Å².